The number of aliphatic hydroxyl groups is 1. The lowest BCUT2D eigenvalue weighted by atomic mass is 10.0. The van der Waals surface area contributed by atoms with Crippen LogP contribution in [0.25, 0.3) is 0 Å². The zero-order valence-corrected chi connectivity index (χ0v) is 21.1. The summed E-state index contributed by atoms with van der Waals surface area (Å²) in [5.74, 6) is 0.0636. The average molecular weight is 507 g/mol. The summed E-state index contributed by atoms with van der Waals surface area (Å²) in [6.45, 7) is 1.67. The Labute approximate surface area is 222 Å². The highest BCUT2D eigenvalue weighted by atomic mass is 16.3. The number of benzene rings is 3. The van der Waals surface area contributed by atoms with E-state index in [1.807, 2.05) is 72.8 Å². The van der Waals surface area contributed by atoms with Crippen molar-refractivity contribution in [1.82, 2.24) is 9.97 Å². The maximum absolute atomic E-state index is 12.8. The third-order valence-electron chi connectivity index (χ3n) is 6.83. The molecule has 192 valence electrons. The van der Waals surface area contributed by atoms with Crippen molar-refractivity contribution in [1.29, 1.82) is 0 Å². The Kier molecular flexibility index (Phi) is 7.85. The predicted octanol–water partition coefficient (Wildman–Crippen LogP) is 5.03. The van der Waals surface area contributed by atoms with Gasteiger partial charge in [-0.1, -0.05) is 24.3 Å². The lowest BCUT2D eigenvalue weighted by Crippen LogP contribution is -2.35. The molecular formula is C31H30N4O3. The molecule has 1 aromatic heterocycles. The average Bonchev–Trinajstić information content (AvgIpc) is 2.96. The van der Waals surface area contributed by atoms with Gasteiger partial charge in [0, 0.05) is 61.0 Å². The standard InChI is InChI=1S/C31H30N4O3/c36-29-13-15-35(16-14-29)28-11-5-24(6-12-28)30(37)17-22-1-7-26(8-2-22)34-27-9-3-23(4-10-27)18-31(38)25-19-32-21-33-20-25/h1-12,19-21,29,34,36H,13-18H2. The van der Waals surface area contributed by atoms with E-state index >= 15 is 0 Å². The normalized spacial score (nSPS) is 13.8. The van der Waals surface area contributed by atoms with Crippen molar-refractivity contribution in [2.45, 2.75) is 31.8 Å². The van der Waals surface area contributed by atoms with E-state index in [0.29, 0.717) is 24.0 Å². The van der Waals surface area contributed by atoms with E-state index in [1.54, 1.807) is 0 Å². The number of aromatic nitrogens is 2. The number of hydrogen-bond acceptors (Lipinski definition) is 7. The molecule has 0 radical (unpaired) electrons. The van der Waals surface area contributed by atoms with E-state index in [4.69, 9.17) is 0 Å². The third-order valence-corrected chi connectivity index (χ3v) is 6.83. The number of nitrogens with one attached hydrogen (secondary N) is 1. The molecule has 0 aliphatic carbocycles. The van der Waals surface area contributed by atoms with Gasteiger partial charge >= 0.3 is 0 Å². The van der Waals surface area contributed by atoms with E-state index in [2.05, 4.69) is 20.2 Å². The number of carbonyl (C=O) groups is 2. The summed E-state index contributed by atoms with van der Waals surface area (Å²) in [4.78, 5) is 35.2. The summed E-state index contributed by atoms with van der Waals surface area (Å²) < 4.78 is 0. The van der Waals surface area contributed by atoms with Gasteiger partial charge in [0.05, 0.1) is 11.7 Å². The van der Waals surface area contributed by atoms with E-state index in [9.17, 15) is 14.7 Å². The first-order valence-electron chi connectivity index (χ1n) is 12.8. The van der Waals surface area contributed by atoms with Crippen molar-refractivity contribution in [2.75, 3.05) is 23.3 Å². The number of nitrogens with zero attached hydrogens (tertiary/aromatic N) is 3. The fourth-order valence-electron chi connectivity index (χ4n) is 4.58. The monoisotopic (exact) mass is 506 g/mol. The fraction of sp³-hybridized carbons (Fsp3) is 0.226. The smallest absolute Gasteiger partial charge is 0.170 e. The maximum atomic E-state index is 12.8. The molecule has 5 rings (SSSR count). The predicted molar refractivity (Wildman–Crippen MR) is 148 cm³/mol. The first kappa shape index (κ1) is 25.3. The minimum Gasteiger partial charge on any atom is -0.393 e. The highest BCUT2D eigenvalue weighted by Gasteiger charge is 2.17. The van der Waals surface area contributed by atoms with Gasteiger partial charge in [0.2, 0.25) is 0 Å². The van der Waals surface area contributed by atoms with Gasteiger partial charge in [0.1, 0.15) is 6.33 Å². The van der Waals surface area contributed by atoms with E-state index in [1.165, 1.54) is 18.7 Å². The second kappa shape index (κ2) is 11.8. The molecule has 0 unspecified atom stereocenters. The minimum atomic E-state index is -0.201. The molecule has 3 aromatic carbocycles. The summed E-state index contributed by atoms with van der Waals surface area (Å²) in [6, 6.07) is 23.4. The van der Waals surface area contributed by atoms with E-state index in [0.717, 1.165) is 54.1 Å². The Morgan fingerprint density at radius 2 is 1.24 bits per heavy atom. The van der Waals surface area contributed by atoms with Crippen LogP contribution in [0.15, 0.2) is 91.5 Å². The lowest BCUT2D eigenvalue weighted by Gasteiger charge is -2.31. The molecule has 1 fully saturated rings. The van der Waals surface area contributed by atoms with Gasteiger partial charge in [0.15, 0.2) is 11.6 Å². The number of piperidine rings is 1. The molecule has 0 atom stereocenters. The Morgan fingerprint density at radius 1 is 0.737 bits per heavy atom. The van der Waals surface area contributed by atoms with Crippen molar-refractivity contribution in [3.63, 3.8) is 0 Å². The molecule has 4 aromatic rings. The van der Waals surface area contributed by atoms with Crippen LogP contribution in [0, 0.1) is 0 Å². The Morgan fingerprint density at radius 3 is 1.76 bits per heavy atom. The second-order valence-electron chi connectivity index (χ2n) is 9.61. The maximum Gasteiger partial charge on any atom is 0.170 e. The Bertz CT molecular complexity index is 1360. The molecule has 1 saturated heterocycles. The summed E-state index contributed by atoms with van der Waals surface area (Å²) in [5, 5.41) is 13.1. The highest BCUT2D eigenvalue weighted by molar-refractivity contribution is 5.98. The molecule has 1 aliphatic heterocycles. The van der Waals surface area contributed by atoms with Crippen LogP contribution >= 0.6 is 0 Å². The third kappa shape index (κ3) is 6.49. The number of carbonyl (C=O) groups excluding carboxylic acids is 2. The first-order chi connectivity index (χ1) is 18.5. The summed E-state index contributed by atoms with van der Waals surface area (Å²) >= 11 is 0. The molecule has 0 bridgehead atoms. The van der Waals surface area contributed by atoms with Crippen molar-refractivity contribution < 1.29 is 14.7 Å². The molecule has 0 amide bonds. The van der Waals surface area contributed by atoms with Gasteiger partial charge in [-0.05, 0) is 72.5 Å². The van der Waals surface area contributed by atoms with Gasteiger partial charge < -0.3 is 15.3 Å². The van der Waals surface area contributed by atoms with E-state index < -0.39 is 0 Å². The zero-order valence-electron chi connectivity index (χ0n) is 21.1. The zero-order chi connectivity index (χ0) is 26.3. The summed E-state index contributed by atoms with van der Waals surface area (Å²) in [6.07, 6.45) is 6.46. The quantitative estimate of drug-likeness (QED) is 0.307. The van der Waals surface area contributed by atoms with Crippen LogP contribution in [0.3, 0.4) is 0 Å². The van der Waals surface area contributed by atoms with Crippen molar-refractivity contribution in [3.8, 4) is 0 Å². The topological polar surface area (TPSA) is 95.4 Å². The van der Waals surface area contributed by atoms with Crippen molar-refractivity contribution >= 4 is 28.6 Å². The van der Waals surface area contributed by atoms with E-state index in [-0.39, 0.29) is 17.7 Å². The van der Waals surface area contributed by atoms with Gasteiger partial charge in [-0.25, -0.2) is 9.97 Å². The molecule has 0 saturated carbocycles. The molecule has 7 heteroatoms. The fourth-order valence-corrected chi connectivity index (χ4v) is 4.58. The lowest BCUT2D eigenvalue weighted by molar-refractivity contribution is 0.0984. The number of anilines is 3. The molecular weight excluding hydrogens is 476 g/mol. The Hall–Kier alpha value is -4.36. The van der Waals surface area contributed by atoms with Crippen LogP contribution in [0.1, 0.15) is 44.7 Å². The largest absolute Gasteiger partial charge is 0.393 e. The van der Waals surface area contributed by atoms with Gasteiger partial charge in [-0.3, -0.25) is 9.59 Å². The van der Waals surface area contributed by atoms with Crippen LogP contribution in [0.2, 0.25) is 0 Å². The van der Waals surface area contributed by atoms with Crippen molar-refractivity contribution in [2.24, 2.45) is 0 Å². The highest BCUT2D eigenvalue weighted by Crippen LogP contribution is 2.22. The molecule has 7 nitrogen and oxygen atoms in total. The molecule has 2 N–H and O–H groups in total. The molecule has 38 heavy (non-hydrogen) atoms. The number of ketones is 2. The van der Waals surface area contributed by atoms with Gasteiger partial charge in [-0.15, -0.1) is 0 Å². The van der Waals surface area contributed by atoms with Crippen molar-refractivity contribution in [3.05, 3.63) is 114 Å². The van der Waals surface area contributed by atoms with Crippen LogP contribution < -0.4 is 10.2 Å². The Balaban J connectivity index is 1.13. The van der Waals surface area contributed by atoms with Crippen LogP contribution in [0.4, 0.5) is 17.1 Å². The number of aliphatic hydroxyl groups excluding tert-OH is 1. The molecule has 2 heterocycles. The van der Waals surface area contributed by atoms with Crippen LogP contribution in [-0.2, 0) is 12.8 Å². The van der Waals surface area contributed by atoms with Gasteiger partial charge in [0.25, 0.3) is 0 Å². The van der Waals surface area contributed by atoms with Gasteiger partial charge in [-0.2, -0.15) is 0 Å². The molecule has 1 aliphatic rings. The minimum absolute atomic E-state index is 0.0184. The van der Waals surface area contributed by atoms with Crippen LogP contribution in [0.5, 0.6) is 0 Å². The summed E-state index contributed by atoms with van der Waals surface area (Å²) in [7, 11) is 0. The first-order valence-corrected chi connectivity index (χ1v) is 12.8. The number of Topliss-reactive ketones (excluding diaryl/α,β-unsaturated/α-hetero) is 2. The van der Waals surface area contributed by atoms with Crippen LogP contribution in [-0.4, -0.2) is 45.8 Å². The SMILES string of the molecule is O=C(Cc1ccc(Nc2ccc(CC(=O)c3cncnc3)cc2)cc1)c1ccc(N2CCC(O)CC2)cc1. The second-order valence-corrected chi connectivity index (χ2v) is 9.61. The number of hydrogen-bond donors (Lipinski definition) is 2. The number of rotatable bonds is 9. The molecule has 0 spiro atoms. The summed E-state index contributed by atoms with van der Waals surface area (Å²) in [5.41, 5.74) is 6.00.